The second-order valence-corrected chi connectivity index (χ2v) is 5.58. The second kappa shape index (κ2) is 4.86. The molecule has 6 heteroatoms. The maximum absolute atomic E-state index is 11.6. The third-order valence-corrected chi connectivity index (χ3v) is 4.60. The fourth-order valence-electron chi connectivity index (χ4n) is 1.70. The molecule has 1 aromatic rings. The highest BCUT2D eigenvalue weighted by molar-refractivity contribution is 7.99. The van der Waals surface area contributed by atoms with Crippen LogP contribution in [-0.4, -0.2) is 31.2 Å². The van der Waals surface area contributed by atoms with Crippen molar-refractivity contribution in [3.63, 3.8) is 0 Å². The smallest absolute Gasteiger partial charge is 0.344 e. The molecule has 1 aromatic heterocycles. The standard InChI is InChI=1S/C11H19N3O2S/c1-3-11(16,4-2)7-17-10-13-12-9(15)14(10)8-5-6-8/h8,16H,3-7H2,1-2H3,(H,12,15). The van der Waals surface area contributed by atoms with Crippen molar-refractivity contribution >= 4 is 11.8 Å². The predicted octanol–water partition coefficient (Wildman–Crippen LogP) is 1.55. The van der Waals surface area contributed by atoms with E-state index in [1.807, 2.05) is 13.8 Å². The molecule has 0 amide bonds. The molecule has 0 atom stereocenters. The van der Waals surface area contributed by atoms with E-state index in [9.17, 15) is 9.90 Å². The zero-order chi connectivity index (χ0) is 12.5. The Morgan fingerprint density at radius 3 is 2.71 bits per heavy atom. The summed E-state index contributed by atoms with van der Waals surface area (Å²) in [7, 11) is 0. The highest BCUT2D eigenvalue weighted by Crippen LogP contribution is 2.36. The van der Waals surface area contributed by atoms with Crippen molar-refractivity contribution < 1.29 is 5.11 Å². The zero-order valence-electron chi connectivity index (χ0n) is 10.3. The Labute approximate surface area is 105 Å². The van der Waals surface area contributed by atoms with Gasteiger partial charge in [0, 0.05) is 11.8 Å². The largest absolute Gasteiger partial charge is 0.389 e. The zero-order valence-corrected chi connectivity index (χ0v) is 11.1. The Balaban J connectivity index is 2.06. The number of hydrogen-bond acceptors (Lipinski definition) is 4. The van der Waals surface area contributed by atoms with E-state index < -0.39 is 5.60 Å². The molecule has 2 N–H and O–H groups in total. The minimum atomic E-state index is -0.659. The molecule has 1 saturated carbocycles. The highest BCUT2D eigenvalue weighted by atomic mass is 32.2. The molecule has 0 saturated heterocycles. The Morgan fingerprint density at radius 1 is 1.53 bits per heavy atom. The van der Waals surface area contributed by atoms with Crippen molar-refractivity contribution in [1.82, 2.24) is 14.8 Å². The molecule has 0 spiro atoms. The maximum Gasteiger partial charge on any atom is 0.344 e. The van der Waals surface area contributed by atoms with Gasteiger partial charge in [0.05, 0.1) is 5.60 Å². The lowest BCUT2D eigenvalue weighted by molar-refractivity contribution is 0.0571. The van der Waals surface area contributed by atoms with Crippen LogP contribution in [0.15, 0.2) is 9.95 Å². The fourth-order valence-corrected chi connectivity index (χ4v) is 2.99. The summed E-state index contributed by atoms with van der Waals surface area (Å²) in [4.78, 5) is 11.6. The van der Waals surface area contributed by atoms with E-state index in [2.05, 4.69) is 10.2 Å². The summed E-state index contributed by atoms with van der Waals surface area (Å²) < 4.78 is 1.72. The third-order valence-electron chi connectivity index (χ3n) is 3.37. The number of aromatic amines is 1. The maximum atomic E-state index is 11.6. The Morgan fingerprint density at radius 2 is 2.18 bits per heavy atom. The van der Waals surface area contributed by atoms with Gasteiger partial charge in [-0.25, -0.2) is 9.89 Å². The van der Waals surface area contributed by atoms with Crippen molar-refractivity contribution in [3.8, 4) is 0 Å². The number of aliphatic hydroxyl groups is 1. The van der Waals surface area contributed by atoms with Gasteiger partial charge in [0.15, 0.2) is 5.16 Å². The topological polar surface area (TPSA) is 70.9 Å². The van der Waals surface area contributed by atoms with Crippen LogP contribution >= 0.6 is 11.8 Å². The van der Waals surface area contributed by atoms with Gasteiger partial charge in [-0.05, 0) is 25.7 Å². The van der Waals surface area contributed by atoms with E-state index in [1.165, 1.54) is 11.8 Å². The molecule has 0 unspecified atom stereocenters. The Kier molecular flexibility index (Phi) is 3.63. The molecular weight excluding hydrogens is 238 g/mol. The molecule has 0 bridgehead atoms. The van der Waals surface area contributed by atoms with Crippen LogP contribution in [0, 0.1) is 0 Å². The van der Waals surface area contributed by atoms with Crippen LogP contribution in [-0.2, 0) is 0 Å². The van der Waals surface area contributed by atoms with Crippen LogP contribution in [0.1, 0.15) is 45.6 Å². The first-order valence-electron chi connectivity index (χ1n) is 6.11. The second-order valence-electron chi connectivity index (χ2n) is 4.63. The van der Waals surface area contributed by atoms with E-state index in [-0.39, 0.29) is 5.69 Å². The number of H-pyrrole nitrogens is 1. The van der Waals surface area contributed by atoms with Crippen molar-refractivity contribution in [2.45, 2.75) is 56.3 Å². The molecule has 0 aliphatic heterocycles. The fraction of sp³-hybridized carbons (Fsp3) is 0.818. The van der Waals surface area contributed by atoms with E-state index in [1.54, 1.807) is 4.57 Å². The van der Waals surface area contributed by atoms with E-state index in [0.29, 0.717) is 29.8 Å². The van der Waals surface area contributed by atoms with E-state index in [4.69, 9.17) is 0 Å². The minimum Gasteiger partial charge on any atom is -0.389 e. The van der Waals surface area contributed by atoms with Gasteiger partial charge in [0.2, 0.25) is 0 Å². The predicted molar refractivity (Wildman–Crippen MR) is 67.4 cm³/mol. The molecule has 5 nitrogen and oxygen atoms in total. The summed E-state index contributed by atoms with van der Waals surface area (Å²) in [5, 5.41) is 17.4. The summed E-state index contributed by atoms with van der Waals surface area (Å²) in [5.74, 6) is 0.580. The molecule has 1 aliphatic carbocycles. The Hall–Kier alpha value is -0.750. The van der Waals surface area contributed by atoms with E-state index >= 15 is 0 Å². The average molecular weight is 257 g/mol. The minimum absolute atomic E-state index is 0.133. The summed E-state index contributed by atoms with van der Waals surface area (Å²) >= 11 is 1.46. The van der Waals surface area contributed by atoms with Crippen LogP contribution in [0.5, 0.6) is 0 Å². The molecule has 0 aromatic carbocycles. The monoisotopic (exact) mass is 257 g/mol. The van der Waals surface area contributed by atoms with Gasteiger partial charge >= 0.3 is 5.69 Å². The van der Waals surface area contributed by atoms with Crippen LogP contribution in [0.3, 0.4) is 0 Å². The molecule has 0 radical (unpaired) electrons. The number of nitrogens with one attached hydrogen (secondary N) is 1. The van der Waals surface area contributed by atoms with Gasteiger partial charge in [-0.1, -0.05) is 25.6 Å². The first-order valence-corrected chi connectivity index (χ1v) is 7.10. The van der Waals surface area contributed by atoms with Gasteiger partial charge in [0.1, 0.15) is 0 Å². The number of aromatic nitrogens is 3. The average Bonchev–Trinajstić information content (AvgIpc) is 3.11. The van der Waals surface area contributed by atoms with Crippen LogP contribution in [0.4, 0.5) is 0 Å². The quantitative estimate of drug-likeness (QED) is 0.759. The molecule has 1 fully saturated rings. The van der Waals surface area contributed by atoms with Crippen LogP contribution in [0.2, 0.25) is 0 Å². The van der Waals surface area contributed by atoms with Crippen molar-refractivity contribution in [3.05, 3.63) is 10.5 Å². The van der Waals surface area contributed by atoms with Crippen LogP contribution in [0.25, 0.3) is 0 Å². The lowest BCUT2D eigenvalue weighted by Crippen LogP contribution is -2.30. The summed E-state index contributed by atoms with van der Waals surface area (Å²) in [6, 6.07) is 0.320. The van der Waals surface area contributed by atoms with Gasteiger partial charge < -0.3 is 5.11 Å². The van der Waals surface area contributed by atoms with Crippen LogP contribution < -0.4 is 5.69 Å². The van der Waals surface area contributed by atoms with Gasteiger partial charge in [-0.3, -0.25) is 4.57 Å². The van der Waals surface area contributed by atoms with Gasteiger partial charge in [-0.15, -0.1) is 5.10 Å². The summed E-state index contributed by atoms with van der Waals surface area (Å²) in [6.45, 7) is 3.95. The molecular formula is C11H19N3O2S. The number of nitrogens with zero attached hydrogens (tertiary/aromatic N) is 2. The Bertz CT molecular complexity index is 432. The molecule has 96 valence electrons. The first-order chi connectivity index (χ1) is 8.09. The van der Waals surface area contributed by atoms with Gasteiger partial charge in [0.25, 0.3) is 0 Å². The first kappa shape index (κ1) is 12.7. The van der Waals surface area contributed by atoms with Crippen molar-refractivity contribution in [2.24, 2.45) is 0 Å². The molecule has 1 heterocycles. The lowest BCUT2D eigenvalue weighted by Gasteiger charge is -2.24. The molecule has 2 rings (SSSR count). The SMILES string of the molecule is CCC(O)(CC)CSc1n[nH]c(=O)n1C1CC1. The molecule has 17 heavy (non-hydrogen) atoms. The summed E-state index contributed by atoms with van der Waals surface area (Å²) in [5.41, 5.74) is -0.792. The highest BCUT2D eigenvalue weighted by Gasteiger charge is 2.30. The number of thioether (sulfide) groups is 1. The third kappa shape index (κ3) is 2.74. The number of hydrogen-bond donors (Lipinski definition) is 2. The van der Waals surface area contributed by atoms with Crippen molar-refractivity contribution in [2.75, 3.05) is 5.75 Å². The summed E-state index contributed by atoms with van der Waals surface area (Å²) in [6.07, 6.45) is 3.54. The lowest BCUT2D eigenvalue weighted by atomic mass is 10.0. The number of rotatable bonds is 6. The molecule has 1 aliphatic rings. The van der Waals surface area contributed by atoms with E-state index in [0.717, 1.165) is 12.8 Å². The van der Waals surface area contributed by atoms with Gasteiger partial charge in [-0.2, -0.15) is 0 Å². The normalized spacial score (nSPS) is 16.4. The van der Waals surface area contributed by atoms with Crippen molar-refractivity contribution in [1.29, 1.82) is 0 Å².